The highest BCUT2D eigenvalue weighted by Gasteiger charge is 2.19. The molecule has 0 bridgehead atoms. The Labute approximate surface area is 75.9 Å². The van der Waals surface area contributed by atoms with Gasteiger partial charge in [-0.2, -0.15) is 0 Å². The third kappa shape index (κ3) is 3.09. The van der Waals surface area contributed by atoms with E-state index >= 15 is 0 Å². The summed E-state index contributed by atoms with van der Waals surface area (Å²) in [6.45, 7) is 2.42. The molecular weight excluding hydrogens is 166 g/mol. The van der Waals surface area contributed by atoms with Gasteiger partial charge >= 0.3 is 0 Å². The minimum absolute atomic E-state index is 0.136. The standard InChI is InChI=1S/C8H21NSi2/c1-7(10)11-9(2)8-5-3-4-6-8/h7-8H,3-6,11H2,1-2,10H3. The topological polar surface area (TPSA) is 3.24 Å². The maximum absolute atomic E-state index is 2.71. The summed E-state index contributed by atoms with van der Waals surface area (Å²) in [7, 11) is 3.90. The minimum Gasteiger partial charge on any atom is -0.329 e. The first-order valence-corrected chi connectivity index (χ1v) is 7.50. The van der Waals surface area contributed by atoms with E-state index in [1.54, 1.807) is 0 Å². The van der Waals surface area contributed by atoms with Crippen LogP contribution in [0.15, 0.2) is 0 Å². The summed E-state index contributed by atoms with van der Waals surface area (Å²) in [5, 5.41) is 1.10. The van der Waals surface area contributed by atoms with Crippen molar-refractivity contribution in [3.05, 3.63) is 0 Å². The number of nitrogens with zero attached hydrogens (tertiary/aromatic N) is 1. The van der Waals surface area contributed by atoms with E-state index < -0.39 is 0 Å². The quantitative estimate of drug-likeness (QED) is 0.566. The molecule has 0 aliphatic heterocycles. The molecule has 1 saturated carbocycles. The van der Waals surface area contributed by atoms with Crippen molar-refractivity contribution in [2.45, 2.75) is 43.8 Å². The Hall–Kier alpha value is 0.394. The molecule has 0 radical (unpaired) electrons. The lowest BCUT2D eigenvalue weighted by Crippen LogP contribution is -2.34. The van der Waals surface area contributed by atoms with E-state index in [-0.39, 0.29) is 9.68 Å². The second-order valence-electron chi connectivity index (χ2n) is 4.27. The van der Waals surface area contributed by atoms with Crippen molar-refractivity contribution in [3.63, 3.8) is 0 Å². The molecule has 0 N–H and O–H groups in total. The zero-order chi connectivity index (χ0) is 8.27. The molecule has 1 nitrogen and oxygen atoms in total. The second kappa shape index (κ2) is 4.43. The van der Waals surface area contributed by atoms with Crippen LogP contribution in [0.3, 0.4) is 0 Å². The van der Waals surface area contributed by atoms with Gasteiger partial charge < -0.3 is 4.57 Å². The summed E-state index contributed by atoms with van der Waals surface area (Å²) in [5.74, 6) is 0. The van der Waals surface area contributed by atoms with Crippen molar-refractivity contribution in [2.75, 3.05) is 7.05 Å². The van der Waals surface area contributed by atoms with E-state index in [2.05, 4.69) is 18.5 Å². The van der Waals surface area contributed by atoms with Gasteiger partial charge in [-0.25, -0.2) is 0 Å². The van der Waals surface area contributed by atoms with Gasteiger partial charge in [-0.05, 0) is 19.9 Å². The van der Waals surface area contributed by atoms with E-state index in [4.69, 9.17) is 0 Å². The molecule has 0 spiro atoms. The summed E-state index contributed by atoms with van der Waals surface area (Å²) in [6, 6.07) is 0.984. The van der Waals surface area contributed by atoms with Crippen molar-refractivity contribution < 1.29 is 0 Å². The highest BCUT2D eigenvalue weighted by molar-refractivity contribution is 6.47. The smallest absolute Gasteiger partial charge is 0.0944 e. The van der Waals surface area contributed by atoms with E-state index in [9.17, 15) is 0 Å². The van der Waals surface area contributed by atoms with Crippen LogP contribution in [-0.4, -0.2) is 37.6 Å². The average molecular weight is 187 g/mol. The summed E-state index contributed by atoms with van der Waals surface area (Å²) in [5.41, 5.74) is 0. The Morgan fingerprint density at radius 3 is 2.45 bits per heavy atom. The Morgan fingerprint density at radius 1 is 1.45 bits per heavy atom. The van der Waals surface area contributed by atoms with E-state index in [0.717, 1.165) is 11.2 Å². The van der Waals surface area contributed by atoms with Crippen LogP contribution in [0.4, 0.5) is 0 Å². The molecule has 0 heterocycles. The molecule has 0 saturated heterocycles. The predicted octanol–water partition coefficient (Wildman–Crippen LogP) is 0.0759. The van der Waals surface area contributed by atoms with Crippen LogP contribution in [0, 0.1) is 0 Å². The maximum atomic E-state index is 2.71. The SMILES string of the molecule is CC([SiH3])[SiH2]N(C)C1CCCC1. The second-order valence-corrected chi connectivity index (χ2v) is 10.9. The highest BCUT2D eigenvalue weighted by Crippen LogP contribution is 2.22. The van der Waals surface area contributed by atoms with Crippen LogP contribution >= 0.6 is 0 Å². The first-order chi connectivity index (χ1) is 5.20. The zero-order valence-electron chi connectivity index (χ0n) is 8.14. The number of rotatable bonds is 3. The average Bonchev–Trinajstić information content (AvgIpc) is 2.35. The third-order valence-electron chi connectivity index (χ3n) is 2.60. The molecular formula is C8H21NSi2. The van der Waals surface area contributed by atoms with Gasteiger partial charge in [-0.3, -0.25) is 0 Å². The molecule has 0 aromatic rings. The molecule has 66 valence electrons. The van der Waals surface area contributed by atoms with Crippen molar-refractivity contribution in [1.29, 1.82) is 0 Å². The van der Waals surface area contributed by atoms with E-state index in [1.165, 1.54) is 35.9 Å². The normalized spacial score (nSPS) is 24.3. The van der Waals surface area contributed by atoms with Crippen LogP contribution in [0.25, 0.3) is 0 Å². The highest BCUT2D eigenvalue weighted by atomic mass is 28.3. The van der Waals surface area contributed by atoms with Crippen molar-refractivity contribution in [2.24, 2.45) is 0 Å². The molecule has 0 aromatic heterocycles. The molecule has 0 amide bonds. The lowest BCUT2D eigenvalue weighted by Gasteiger charge is -2.25. The molecule has 1 rings (SSSR count). The van der Waals surface area contributed by atoms with E-state index in [1.807, 2.05) is 0 Å². The maximum Gasteiger partial charge on any atom is 0.0944 e. The predicted molar refractivity (Wildman–Crippen MR) is 57.9 cm³/mol. The van der Waals surface area contributed by atoms with Gasteiger partial charge in [0.2, 0.25) is 0 Å². The lowest BCUT2D eigenvalue weighted by atomic mass is 10.3. The van der Waals surface area contributed by atoms with Crippen LogP contribution < -0.4 is 0 Å². The van der Waals surface area contributed by atoms with Gasteiger partial charge in [0.1, 0.15) is 0 Å². The van der Waals surface area contributed by atoms with Gasteiger partial charge in [0.05, 0.1) is 9.68 Å². The van der Waals surface area contributed by atoms with Gasteiger partial charge in [-0.15, -0.1) is 0 Å². The fourth-order valence-corrected chi connectivity index (χ4v) is 5.61. The van der Waals surface area contributed by atoms with Gasteiger partial charge in [0.15, 0.2) is 0 Å². The van der Waals surface area contributed by atoms with Gasteiger partial charge in [0, 0.05) is 16.3 Å². The summed E-state index contributed by atoms with van der Waals surface area (Å²) < 4.78 is 2.71. The monoisotopic (exact) mass is 187 g/mol. The first-order valence-electron chi connectivity index (χ1n) is 4.90. The molecule has 0 aromatic carbocycles. The van der Waals surface area contributed by atoms with Gasteiger partial charge in [-0.1, -0.05) is 24.9 Å². The van der Waals surface area contributed by atoms with Crippen LogP contribution in [-0.2, 0) is 0 Å². The Morgan fingerprint density at radius 2 is 2.00 bits per heavy atom. The summed E-state index contributed by atoms with van der Waals surface area (Å²) >= 11 is 0. The first kappa shape index (κ1) is 9.48. The summed E-state index contributed by atoms with van der Waals surface area (Å²) in [6.07, 6.45) is 5.94. The van der Waals surface area contributed by atoms with Crippen molar-refractivity contribution >= 4 is 19.9 Å². The fourth-order valence-electron chi connectivity index (χ4n) is 2.07. The fraction of sp³-hybridized carbons (Fsp3) is 1.00. The van der Waals surface area contributed by atoms with Crippen molar-refractivity contribution in [3.8, 4) is 0 Å². The van der Waals surface area contributed by atoms with Crippen LogP contribution in [0.2, 0.25) is 5.16 Å². The molecule has 1 fully saturated rings. The third-order valence-corrected chi connectivity index (χ3v) is 5.52. The summed E-state index contributed by atoms with van der Waals surface area (Å²) in [4.78, 5) is 0. The van der Waals surface area contributed by atoms with Crippen LogP contribution in [0.5, 0.6) is 0 Å². The largest absolute Gasteiger partial charge is 0.329 e. The Kier molecular flexibility index (Phi) is 3.82. The lowest BCUT2D eigenvalue weighted by molar-refractivity contribution is 0.391. The van der Waals surface area contributed by atoms with E-state index in [0.29, 0.717) is 0 Å². The zero-order valence-corrected chi connectivity index (χ0v) is 11.6. The Bertz CT molecular complexity index is 111. The molecule has 1 unspecified atom stereocenters. The van der Waals surface area contributed by atoms with Gasteiger partial charge in [0.25, 0.3) is 0 Å². The molecule has 1 aliphatic carbocycles. The van der Waals surface area contributed by atoms with Crippen LogP contribution in [0.1, 0.15) is 32.6 Å². The molecule has 11 heavy (non-hydrogen) atoms. The number of hydrogen-bond donors (Lipinski definition) is 0. The van der Waals surface area contributed by atoms with Crippen molar-refractivity contribution in [1.82, 2.24) is 4.57 Å². The number of hydrogen-bond acceptors (Lipinski definition) is 1. The molecule has 1 atom stereocenters. The molecule has 1 aliphatic rings. The minimum atomic E-state index is 0.136. The molecule has 3 heteroatoms. The Balaban J connectivity index is 2.22.